The van der Waals surface area contributed by atoms with Crippen molar-refractivity contribution in [2.24, 2.45) is 0 Å². The Hall–Kier alpha value is -4.18. The quantitative estimate of drug-likeness (QED) is 0.326. The molecule has 0 aliphatic carbocycles. The van der Waals surface area contributed by atoms with E-state index in [2.05, 4.69) is 20.6 Å². The summed E-state index contributed by atoms with van der Waals surface area (Å²) in [5.41, 5.74) is 6.30. The van der Waals surface area contributed by atoms with Gasteiger partial charge < -0.3 is 4.98 Å². The third-order valence-corrected chi connectivity index (χ3v) is 6.26. The van der Waals surface area contributed by atoms with Crippen LogP contribution < -0.4 is 15.6 Å². The van der Waals surface area contributed by atoms with Gasteiger partial charge in [-0.05, 0) is 48.0 Å². The van der Waals surface area contributed by atoms with Gasteiger partial charge in [-0.1, -0.05) is 30.3 Å². The molecule has 0 saturated heterocycles. The molecule has 0 unspecified atom stereocenters. The van der Waals surface area contributed by atoms with E-state index in [1.165, 1.54) is 12.1 Å². The van der Waals surface area contributed by atoms with E-state index in [1.807, 2.05) is 24.3 Å². The molecular formula is C23H19FN4O4S. The smallest absolute Gasteiger partial charge is 0.271 e. The number of para-hydroxylation sites is 2. The van der Waals surface area contributed by atoms with Crippen molar-refractivity contribution in [3.05, 3.63) is 95.9 Å². The number of sulfonamides is 1. The number of H-pyrrole nitrogens is 1. The molecule has 0 spiro atoms. The lowest BCUT2D eigenvalue weighted by molar-refractivity contribution is -0.121. The third-order valence-electron chi connectivity index (χ3n) is 4.88. The summed E-state index contributed by atoms with van der Waals surface area (Å²) in [7, 11) is -4.06. The Labute approximate surface area is 188 Å². The van der Waals surface area contributed by atoms with Crippen LogP contribution in [-0.2, 0) is 21.2 Å². The number of hydrogen-bond acceptors (Lipinski definition) is 4. The van der Waals surface area contributed by atoms with Crippen LogP contribution in [0.5, 0.6) is 0 Å². The van der Waals surface area contributed by atoms with Crippen molar-refractivity contribution in [3.8, 4) is 0 Å². The molecule has 1 aromatic heterocycles. The number of hydrogen-bond donors (Lipinski definition) is 4. The zero-order valence-electron chi connectivity index (χ0n) is 17.1. The van der Waals surface area contributed by atoms with Gasteiger partial charge in [0.15, 0.2) is 0 Å². The van der Waals surface area contributed by atoms with Gasteiger partial charge in [0.25, 0.3) is 15.9 Å². The summed E-state index contributed by atoms with van der Waals surface area (Å²) < 4.78 is 40.6. The second-order valence-corrected chi connectivity index (χ2v) is 8.83. The molecule has 3 aromatic carbocycles. The first kappa shape index (κ1) is 22.0. The number of nitrogens with one attached hydrogen (secondary N) is 4. The Bertz CT molecular complexity index is 1430. The van der Waals surface area contributed by atoms with Crippen molar-refractivity contribution >= 4 is 38.4 Å². The largest absolute Gasteiger partial charge is 0.361 e. The topological polar surface area (TPSA) is 120 Å². The van der Waals surface area contributed by atoms with Crippen molar-refractivity contribution in [3.63, 3.8) is 0 Å². The third kappa shape index (κ3) is 5.01. The van der Waals surface area contributed by atoms with Gasteiger partial charge in [0.1, 0.15) is 5.82 Å². The minimum absolute atomic E-state index is 0.00409. The van der Waals surface area contributed by atoms with Crippen molar-refractivity contribution in [1.82, 2.24) is 15.8 Å². The van der Waals surface area contributed by atoms with E-state index in [-0.39, 0.29) is 22.6 Å². The Morgan fingerprint density at radius 1 is 0.879 bits per heavy atom. The Morgan fingerprint density at radius 2 is 1.58 bits per heavy atom. The zero-order chi connectivity index (χ0) is 23.4. The number of carbonyl (C=O) groups is 2. The molecule has 2 amide bonds. The fraction of sp³-hybridized carbons (Fsp3) is 0.0435. The van der Waals surface area contributed by atoms with E-state index >= 15 is 0 Å². The number of anilines is 1. The fourth-order valence-corrected chi connectivity index (χ4v) is 4.36. The summed E-state index contributed by atoms with van der Waals surface area (Å²) in [6, 6.07) is 17.7. The molecule has 8 nitrogen and oxygen atoms in total. The zero-order valence-corrected chi connectivity index (χ0v) is 17.9. The van der Waals surface area contributed by atoms with Crippen LogP contribution in [0.4, 0.5) is 10.1 Å². The Morgan fingerprint density at radius 3 is 2.36 bits per heavy atom. The molecule has 4 N–H and O–H groups in total. The highest BCUT2D eigenvalue weighted by atomic mass is 32.2. The first-order chi connectivity index (χ1) is 15.8. The van der Waals surface area contributed by atoms with Crippen LogP contribution >= 0.6 is 0 Å². The SMILES string of the molecule is O=C(Cc1c[nH]c2ccccc12)NNC(=O)c1ccccc1NS(=O)(=O)c1ccc(F)cc1. The maximum atomic E-state index is 13.1. The molecule has 0 aliphatic heterocycles. The van der Waals surface area contributed by atoms with Gasteiger partial charge in [-0.2, -0.15) is 0 Å². The first-order valence-electron chi connectivity index (χ1n) is 9.85. The number of aromatic amines is 1. The number of rotatable bonds is 6. The molecule has 33 heavy (non-hydrogen) atoms. The van der Waals surface area contributed by atoms with Crippen molar-refractivity contribution in [1.29, 1.82) is 0 Å². The molecule has 1 heterocycles. The van der Waals surface area contributed by atoms with Crippen molar-refractivity contribution in [2.75, 3.05) is 4.72 Å². The van der Waals surface area contributed by atoms with E-state index in [4.69, 9.17) is 0 Å². The summed E-state index contributed by atoms with van der Waals surface area (Å²) in [5.74, 6) is -1.73. The normalized spacial score (nSPS) is 11.2. The lowest BCUT2D eigenvalue weighted by Gasteiger charge is -2.13. The molecular weight excluding hydrogens is 447 g/mol. The average Bonchev–Trinajstić information content (AvgIpc) is 3.20. The van der Waals surface area contributed by atoms with Crippen LogP contribution in [0, 0.1) is 5.82 Å². The number of benzene rings is 3. The van der Waals surface area contributed by atoms with E-state index in [0.29, 0.717) is 0 Å². The molecule has 0 bridgehead atoms. The predicted octanol–water partition coefficient (Wildman–Crippen LogP) is 3.11. The summed E-state index contributed by atoms with van der Waals surface area (Å²) >= 11 is 0. The molecule has 0 radical (unpaired) electrons. The lowest BCUT2D eigenvalue weighted by Crippen LogP contribution is -2.42. The molecule has 168 valence electrons. The van der Waals surface area contributed by atoms with E-state index < -0.39 is 27.7 Å². The molecule has 4 rings (SSSR count). The van der Waals surface area contributed by atoms with Crippen molar-refractivity contribution in [2.45, 2.75) is 11.3 Å². The minimum atomic E-state index is -4.06. The molecule has 0 atom stereocenters. The maximum Gasteiger partial charge on any atom is 0.271 e. The average molecular weight is 466 g/mol. The highest BCUT2D eigenvalue weighted by Crippen LogP contribution is 2.21. The number of hydrazine groups is 1. The van der Waals surface area contributed by atoms with Gasteiger partial charge in [-0.3, -0.25) is 25.2 Å². The molecule has 0 fully saturated rings. The van der Waals surface area contributed by atoms with Crippen LogP contribution in [0.25, 0.3) is 10.9 Å². The lowest BCUT2D eigenvalue weighted by atomic mass is 10.1. The number of aromatic nitrogens is 1. The predicted molar refractivity (Wildman–Crippen MR) is 121 cm³/mol. The van der Waals surface area contributed by atoms with Gasteiger partial charge in [-0.15, -0.1) is 0 Å². The Balaban J connectivity index is 1.43. The maximum absolute atomic E-state index is 13.1. The van der Waals surface area contributed by atoms with Crippen molar-refractivity contribution < 1.29 is 22.4 Å². The fourth-order valence-electron chi connectivity index (χ4n) is 3.28. The van der Waals surface area contributed by atoms with Gasteiger partial charge in [0.2, 0.25) is 5.91 Å². The highest BCUT2D eigenvalue weighted by molar-refractivity contribution is 7.92. The first-order valence-corrected chi connectivity index (χ1v) is 11.3. The van der Waals surface area contributed by atoms with Crippen LogP contribution in [0.1, 0.15) is 15.9 Å². The summed E-state index contributed by atoms with van der Waals surface area (Å²) in [4.78, 5) is 27.9. The van der Waals surface area contributed by atoms with Gasteiger partial charge in [0, 0.05) is 17.1 Å². The highest BCUT2D eigenvalue weighted by Gasteiger charge is 2.19. The molecule has 4 aromatic rings. The van der Waals surface area contributed by atoms with E-state index in [1.54, 1.807) is 18.3 Å². The van der Waals surface area contributed by atoms with Crippen LogP contribution in [0.2, 0.25) is 0 Å². The molecule has 10 heteroatoms. The van der Waals surface area contributed by atoms with Gasteiger partial charge >= 0.3 is 0 Å². The molecule has 0 saturated carbocycles. The standard InChI is InChI=1S/C23H19FN4O4S/c24-16-9-11-17(12-10-16)33(31,32)28-21-8-4-2-6-19(21)23(30)27-26-22(29)13-15-14-25-20-7-3-1-5-18(15)20/h1-12,14,25,28H,13H2,(H,26,29)(H,27,30). The molecule has 0 aliphatic rings. The summed E-state index contributed by atoms with van der Waals surface area (Å²) in [6.45, 7) is 0. The number of fused-ring (bicyclic) bond motifs is 1. The second kappa shape index (κ2) is 9.13. The second-order valence-electron chi connectivity index (χ2n) is 7.14. The number of halogens is 1. The Kier molecular flexibility index (Phi) is 6.09. The van der Waals surface area contributed by atoms with Crippen LogP contribution in [0.15, 0.2) is 83.9 Å². The van der Waals surface area contributed by atoms with Crippen LogP contribution in [-0.4, -0.2) is 25.2 Å². The summed E-state index contributed by atoms with van der Waals surface area (Å²) in [6.07, 6.45) is 1.76. The van der Waals surface area contributed by atoms with Gasteiger partial charge in [-0.25, -0.2) is 12.8 Å². The minimum Gasteiger partial charge on any atom is -0.361 e. The van der Waals surface area contributed by atoms with E-state index in [0.717, 1.165) is 40.7 Å². The summed E-state index contributed by atoms with van der Waals surface area (Å²) in [5, 5.41) is 0.902. The van der Waals surface area contributed by atoms with Crippen LogP contribution in [0.3, 0.4) is 0 Å². The monoisotopic (exact) mass is 466 g/mol. The number of amides is 2. The van der Waals surface area contributed by atoms with Gasteiger partial charge in [0.05, 0.1) is 22.6 Å². The van der Waals surface area contributed by atoms with E-state index in [9.17, 15) is 22.4 Å². The number of carbonyl (C=O) groups excluding carboxylic acids is 2.